The molecule has 248 valence electrons. The number of alkyl halides is 2. The molecule has 3 heterocycles. The Hall–Kier alpha value is -5.65. The largest absolute Gasteiger partial charge is 0.489 e. The molecule has 9 nitrogen and oxygen atoms in total. The predicted molar refractivity (Wildman–Crippen MR) is 166 cm³/mol. The van der Waals surface area contributed by atoms with Crippen LogP contribution >= 0.6 is 11.6 Å². The second kappa shape index (κ2) is 13.8. The van der Waals surface area contributed by atoms with Crippen LogP contribution in [0.1, 0.15) is 33.5 Å². The lowest BCUT2D eigenvalue weighted by molar-refractivity contribution is -0.207. The Kier molecular flexibility index (Phi) is 9.39. The lowest BCUT2D eigenvalue weighted by Crippen LogP contribution is -2.48. The molecule has 3 aromatic heterocycles. The first-order valence-electron chi connectivity index (χ1n) is 14.4. The maximum atomic E-state index is 15.9. The van der Waals surface area contributed by atoms with Crippen molar-refractivity contribution in [1.29, 1.82) is 0 Å². The molecular formula is C34H23ClF5N7O2. The van der Waals surface area contributed by atoms with Crippen LogP contribution in [0.3, 0.4) is 0 Å². The van der Waals surface area contributed by atoms with Gasteiger partial charge in [0.15, 0.2) is 5.60 Å². The van der Waals surface area contributed by atoms with Crippen LogP contribution in [0, 0.1) is 29.3 Å². The molecule has 49 heavy (non-hydrogen) atoms. The van der Waals surface area contributed by atoms with Gasteiger partial charge in [-0.1, -0.05) is 35.6 Å². The van der Waals surface area contributed by atoms with Crippen molar-refractivity contribution >= 4 is 11.6 Å². The molecule has 0 amide bonds. The van der Waals surface area contributed by atoms with Crippen molar-refractivity contribution in [3.63, 3.8) is 0 Å². The highest BCUT2D eigenvalue weighted by molar-refractivity contribution is 6.30. The fraction of sp³-hybridized carbons (Fsp3) is 0.147. The predicted octanol–water partition coefficient (Wildman–Crippen LogP) is 6.04. The van der Waals surface area contributed by atoms with Gasteiger partial charge >= 0.3 is 5.92 Å². The number of rotatable bonds is 10. The standard InChI is InChI=1S/C34H23ClF5N7O2/c35-26-16-43-46(18-26)17-25-7-3-24(13-30(25)37)19-49-28-9-4-22(5-10-28)1-2-23-6-12-32(41-15-23)34(39,40)33(48,20-47-21-42-44-45-47)29-11-8-27(36)14-31(29)38/h3-16,18,21,48H,17,19-20H2. The number of hydrogen-bond donors (Lipinski definition) is 1. The van der Waals surface area contributed by atoms with Crippen molar-refractivity contribution < 1.29 is 31.8 Å². The number of ether oxygens (including phenoxy) is 1. The molecule has 1 unspecified atom stereocenters. The van der Waals surface area contributed by atoms with Gasteiger partial charge in [-0.3, -0.25) is 9.67 Å². The average molecular weight is 692 g/mol. The summed E-state index contributed by atoms with van der Waals surface area (Å²) in [7, 11) is 0. The summed E-state index contributed by atoms with van der Waals surface area (Å²) in [5, 5.41) is 26.0. The van der Waals surface area contributed by atoms with Gasteiger partial charge in [0.1, 0.15) is 41.8 Å². The highest BCUT2D eigenvalue weighted by atomic mass is 35.5. The van der Waals surface area contributed by atoms with E-state index in [2.05, 4.69) is 37.4 Å². The molecule has 1 atom stereocenters. The van der Waals surface area contributed by atoms with Crippen molar-refractivity contribution in [2.24, 2.45) is 0 Å². The van der Waals surface area contributed by atoms with E-state index in [9.17, 15) is 18.3 Å². The third-order valence-electron chi connectivity index (χ3n) is 7.43. The van der Waals surface area contributed by atoms with Crippen molar-refractivity contribution in [3.8, 4) is 17.6 Å². The smallest absolute Gasteiger partial charge is 0.323 e. The SMILES string of the molecule is OC(Cn1cnnn1)(c1ccc(F)cc1F)C(F)(F)c1ccc(C#Cc2ccc(OCc3ccc(Cn4cc(Cl)cn4)c(F)c3)cc2)cn1. The zero-order valence-corrected chi connectivity index (χ0v) is 25.9. The van der Waals surface area contributed by atoms with Gasteiger partial charge in [0.2, 0.25) is 0 Å². The average Bonchev–Trinajstić information content (AvgIpc) is 3.75. The molecule has 0 aliphatic carbocycles. The van der Waals surface area contributed by atoms with Crippen molar-refractivity contribution in [3.05, 3.63) is 154 Å². The van der Waals surface area contributed by atoms with Gasteiger partial charge in [-0.05, 0) is 70.6 Å². The van der Waals surface area contributed by atoms with Gasteiger partial charge in [0.25, 0.3) is 0 Å². The zero-order valence-electron chi connectivity index (χ0n) is 25.1. The van der Waals surface area contributed by atoms with Crippen LogP contribution in [-0.4, -0.2) is 40.1 Å². The summed E-state index contributed by atoms with van der Waals surface area (Å²) >= 11 is 5.86. The number of nitrogens with zero attached hydrogens (tertiary/aromatic N) is 7. The Morgan fingerprint density at radius 2 is 1.63 bits per heavy atom. The van der Waals surface area contributed by atoms with Gasteiger partial charge in [-0.15, -0.1) is 5.10 Å². The summed E-state index contributed by atoms with van der Waals surface area (Å²) < 4.78 is 82.9. The molecule has 0 radical (unpaired) electrons. The maximum Gasteiger partial charge on any atom is 0.323 e. The normalized spacial score (nSPS) is 12.6. The summed E-state index contributed by atoms with van der Waals surface area (Å²) in [6, 6.07) is 15.7. The van der Waals surface area contributed by atoms with Crippen molar-refractivity contribution in [1.82, 2.24) is 35.0 Å². The first-order chi connectivity index (χ1) is 23.5. The summed E-state index contributed by atoms with van der Waals surface area (Å²) in [5.74, 6) is -0.750. The van der Waals surface area contributed by atoms with Crippen LogP contribution in [0.25, 0.3) is 0 Å². The summed E-state index contributed by atoms with van der Waals surface area (Å²) in [4.78, 5) is 3.81. The minimum atomic E-state index is -4.19. The van der Waals surface area contributed by atoms with Crippen LogP contribution in [0.4, 0.5) is 22.0 Å². The van der Waals surface area contributed by atoms with Crippen molar-refractivity contribution in [2.45, 2.75) is 31.2 Å². The molecule has 0 bridgehead atoms. The molecule has 0 aliphatic rings. The minimum Gasteiger partial charge on any atom is -0.489 e. The third kappa shape index (κ3) is 7.43. The number of pyridine rings is 1. The van der Waals surface area contributed by atoms with Crippen LogP contribution < -0.4 is 4.74 Å². The topological polar surface area (TPSA) is 104 Å². The van der Waals surface area contributed by atoms with Gasteiger partial charge in [0, 0.05) is 40.7 Å². The molecule has 0 fully saturated rings. The van der Waals surface area contributed by atoms with E-state index < -0.39 is 46.8 Å². The van der Waals surface area contributed by atoms with E-state index in [1.807, 2.05) is 0 Å². The molecule has 0 aliphatic heterocycles. The second-order valence-electron chi connectivity index (χ2n) is 10.8. The van der Waals surface area contributed by atoms with Gasteiger partial charge in [-0.2, -0.15) is 13.9 Å². The fourth-order valence-corrected chi connectivity index (χ4v) is 5.04. The quantitative estimate of drug-likeness (QED) is 0.138. The Morgan fingerprint density at radius 1 is 0.857 bits per heavy atom. The van der Waals surface area contributed by atoms with E-state index in [0.717, 1.165) is 35.4 Å². The number of benzene rings is 3. The van der Waals surface area contributed by atoms with E-state index >= 15 is 8.78 Å². The number of tetrazole rings is 1. The molecule has 0 saturated heterocycles. The maximum absolute atomic E-state index is 15.9. The molecule has 1 N–H and O–H groups in total. The monoisotopic (exact) mass is 691 g/mol. The first-order valence-corrected chi connectivity index (χ1v) is 14.8. The Morgan fingerprint density at radius 3 is 2.29 bits per heavy atom. The minimum absolute atomic E-state index is 0.122. The molecule has 0 saturated carbocycles. The molecule has 15 heteroatoms. The summed E-state index contributed by atoms with van der Waals surface area (Å²) in [5.41, 5.74) is -3.08. The number of aromatic nitrogens is 7. The van der Waals surface area contributed by atoms with Crippen LogP contribution in [0.2, 0.25) is 5.02 Å². The molecule has 6 rings (SSSR count). The zero-order chi connectivity index (χ0) is 34.6. The Bertz CT molecular complexity index is 2130. The van der Waals surface area contributed by atoms with Crippen LogP contribution in [0.15, 0.2) is 97.7 Å². The lowest BCUT2D eigenvalue weighted by Gasteiger charge is -2.35. The first kappa shape index (κ1) is 33.3. The van der Waals surface area contributed by atoms with E-state index in [1.165, 1.54) is 23.0 Å². The van der Waals surface area contributed by atoms with Gasteiger partial charge < -0.3 is 9.84 Å². The lowest BCUT2D eigenvalue weighted by atomic mass is 9.84. The fourth-order valence-electron chi connectivity index (χ4n) is 4.88. The van der Waals surface area contributed by atoms with E-state index in [1.54, 1.807) is 42.6 Å². The molecular weight excluding hydrogens is 669 g/mol. The Labute approximate surface area is 280 Å². The second-order valence-corrected chi connectivity index (χ2v) is 11.3. The summed E-state index contributed by atoms with van der Waals surface area (Å²) in [6.45, 7) is -0.610. The highest BCUT2D eigenvalue weighted by Gasteiger charge is 2.58. The number of hydrogen-bond acceptors (Lipinski definition) is 7. The van der Waals surface area contributed by atoms with E-state index in [-0.39, 0.29) is 18.7 Å². The Balaban J connectivity index is 1.11. The number of aliphatic hydroxyl groups is 1. The van der Waals surface area contributed by atoms with E-state index in [0.29, 0.717) is 33.5 Å². The summed E-state index contributed by atoms with van der Waals surface area (Å²) in [6.07, 6.45) is 5.13. The van der Waals surface area contributed by atoms with Gasteiger partial charge in [-0.25, -0.2) is 17.9 Å². The highest BCUT2D eigenvalue weighted by Crippen LogP contribution is 2.46. The third-order valence-corrected chi connectivity index (χ3v) is 7.62. The van der Waals surface area contributed by atoms with Crippen LogP contribution in [-0.2, 0) is 31.2 Å². The molecule has 6 aromatic rings. The molecule has 0 spiro atoms. The molecule has 3 aromatic carbocycles. The van der Waals surface area contributed by atoms with E-state index in [4.69, 9.17) is 16.3 Å². The van der Waals surface area contributed by atoms with Crippen LogP contribution in [0.5, 0.6) is 5.75 Å². The number of halogens is 6. The van der Waals surface area contributed by atoms with Crippen molar-refractivity contribution in [2.75, 3.05) is 0 Å². The van der Waals surface area contributed by atoms with Gasteiger partial charge in [0.05, 0.1) is 24.3 Å².